The van der Waals surface area contributed by atoms with E-state index in [1.165, 1.54) is 17.2 Å². The van der Waals surface area contributed by atoms with Crippen LogP contribution in [0, 0.1) is 0 Å². The van der Waals surface area contributed by atoms with Crippen molar-refractivity contribution < 1.29 is 98.4 Å². The number of hydrogen-bond donors (Lipinski definition) is 5. The summed E-state index contributed by atoms with van der Waals surface area (Å²) in [4.78, 5) is 29.2. The van der Waals surface area contributed by atoms with E-state index in [2.05, 4.69) is 19.5 Å². The van der Waals surface area contributed by atoms with Gasteiger partial charge in [0.15, 0.2) is 17.7 Å². The number of nitrogens with two attached hydrogens (primary N) is 1. The molecule has 1 aliphatic rings. The molecular formula is C10H16N5Na2O8P+2. The standard InChI is InChI=1S/C10H14N5O7P.2Na.H2O/c11-8-5-9(13-2-12-8)15(3-14-5)10-7(17)6(16)4(22-10)1-21-23(18,19)20;;;/h2-4,6-7,10,16-17H,1H2,(H2,11,12,13)(H2,18,19,20);;;1H2/q;2*+1;. The van der Waals surface area contributed by atoms with Crippen LogP contribution >= 0.6 is 7.82 Å². The summed E-state index contributed by atoms with van der Waals surface area (Å²) in [6.07, 6.45) is -2.49. The van der Waals surface area contributed by atoms with E-state index in [-0.39, 0.29) is 76.1 Å². The van der Waals surface area contributed by atoms with Crippen LogP contribution in [0.1, 0.15) is 6.23 Å². The predicted molar refractivity (Wildman–Crippen MR) is 77.3 cm³/mol. The van der Waals surface area contributed by atoms with Crippen molar-refractivity contribution in [2.45, 2.75) is 24.5 Å². The number of imidazole rings is 1. The molecule has 8 N–H and O–H groups in total. The van der Waals surface area contributed by atoms with Gasteiger partial charge in [0.05, 0.1) is 12.9 Å². The van der Waals surface area contributed by atoms with Gasteiger partial charge in [0.2, 0.25) is 0 Å². The number of nitrogen functional groups attached to an aromatic ring is 1. The number of phosphoric ester groups is 1. The number of ether oxygens (including phenoxy) is 1. The van der Waals surface area contributed by atoms with E-state index in [0.717, 1.165) is 0 Å². The largest absolute Gasteiger partial charge is 1.00 e. The van der Waals surface area contributed by atoms with E-state index in [9.17, 15) is 14.8 Å². The summed E-state index contributed by atoms with van der Waals surface area (Å²) in [5, 5.41) is 20.1. The summed E-state index contributed by atoms with van der Waals surface area (Å²) in [5.41, 5.74) is 6.25. The van der Waals surface area contributed by atoms with Crippen LogP contribution in [0.2, 0.25) is 0 Å². The molecule has 1 aliphatic heterocycles. The quantitative estimate of drug-likeness (QED) is 0.235. The molecule has 1 fully saturated rings. The zero-order chi connectivity index (χ0) is 16.8. The molecule has 0 amide bonds. The summed E-state index contributed by atoms with van der Waals surface area (Å²) in [5.74, 6) is 0.142. The molecule has 0 aliphatic carbocycles. The second kappa shape index (κ2) is 10.2. The molecule has 2 aromatic rings. The number of aromatic nitrogens is 4. The second-order valence-electron chi connectivity index (χ2n) is 4.92. The van der Waals surface area contributed by atoms with Gasteiger partial charge in [0, 0.05) is 0 Å². The summed E-state index contributed by atoms with van der Waals surface area (Å²) < 4.78 is 21.8. The Labute approximate surface area is 191 Å². The number of aliphatic hydroxyl groups excluding tert-OH is 2. The first-order valence-electron chi connectivity index (χ1n) is 6.42. The molecule has 0 aromatic carbocycles. The molecule has 0 spiro atoms. The van der Waals surface area contributed by atoms with Gasteiger partial charge in [-0.15, -0.1) is 0 Å². The molecule has 13 nitrogen and oxygen atoms in total. The maximum atomic E-state index is 10.7. The molecule has 16 heteroatoms. The first-order valence-corrected chi connectivity index (χ1v) is 7.95. The number of hydrogen-bond acceptors (Lipinski definition) is 9. The fraction of sp³-hybridized carbons (Fsp3) is 0.500. The van der Waals surface area contributed by atoms with Crippen LogP contribution < -0.4 is 64.8 Å². The Balaban J connectivity index is 0.00000208. The van der Waals surface area contributed by atoms with Gasteiger partial charge < -0.3 is 35.9 Å². The smallest absolute Gasteiger partial charge is 0.412 e. The second-order valence-corrected chi connectivity index (χ2v) is 6.15. The predicted octanol–water partition coefficient (Wildman–Crippen LogP) is -8.68. The van der Waals surface area contributed by atoms with Crippen molar-refractivity contribution in [1.82, 2.24) is 19.5 Å². The van der Waals surface area contributed by atoms with Gasteiger partial charge in [-0.1, -0.05) is 0 Å². The van der Waals surface area contributed by atoms with Crippen molar-refractivity contribution in [1.29, 1.82) is 0 Å². The van der Waals surface area contributed by atoms with Crippen LogP contribution in [0.4, 0.5) is 5.82 Å². The molecule has 0 saturated carbocycles. The van der Waals surface area contributed by atoms with Gasteiger partial charge in [-0.3, -0.25) is 9.09 Å². The van der Waals surface area contributed by atoms with Crippen LogP contribution in [-0.4, -0.2) is 69.9 Å². The van der Waals surface area contributed by atoms with Crippen molar-refractivity contribution in [3.05, 3.63) is 12.7 Å². The van der Waals surface area contributed by atoms with Crippen LogP contribution in [0.5, 0.6) is 0 Å². The van der Waals surface area contributed by atoms with E-state index in [1.807, 2.05) is 0 Å². The molecule has 0 radical (unpaired) electrons. The minimum atomic E-state index is -4.72. The minimum Gasteiger partial charge on any atom is -0.412 e. The maximum Gasteiger partial charge on any atom is 1.00 e. The monoisotopic (exact) mass is 411 g/mol. The molecule has 134 valence electrons. The number of rotatable bonds is 4. The normalized spacial score (nSPS) is 25.2. The number of aliphatic hydroxyl groups is 2. The van der Waals surface area contributed by atoms with Crippen molar-refractivity contribution in [3.63, 3.8) is 0 Å². The van der Waals surface area contributed by atoms with E-state index >= 15 is 0 Å². The van der Waals surface area contributed by atoms with E-state index in [4.69, 9.17) is 20.3 Å². The molecule has 1 saturated heterocycles. The summed E-state index contributed by atoms with van der Waals surface area (Å²) in [6, 6.07) is 0. The molecule has 4 atom stereocenters. The molecule has 2 aromatic heterocycles. The summed E-state index contributed by atoms with van der Waals surface area (Å²) >= 11 is 0. The van der Waals surface area contributed by atoms with Gasteiger partial charge in [-0.2, -0.15) is 0 Å². The summed E-state index contributed by atoms with van der Waals surface area (Å²) in [7, 11) is -4.72. The zero-order valence-electron chi connectivity index (χ0n) is 14.0. The molecule has 3 heterocycles. The topological polar surface area (TPSA) is 218 Å². The van der Waals surface area contributed by atoms with Crippen LogP contribution in [0.15, 0.2) is 12.7 Å². The Bertz CT molecular complexity index is 775. The Morgan fingerprint density at radius 2 is 1.88 bits per heavy atom. The van der Waals surface area contributed by atoms with Gasteiger partial charge in [0.25, 0.3) is 0 Å². The first-order chi connectivity index (χ1) is 10.8. The Morgan fingerprint density at radius 3 is 2.50 bits per heavy atom. The first kappa shape index (κ1) is 26.3. The van der Waals surface area contributed by atoms with Gasteiger partial charge in [-0.05, 0) is 0 Å². The minimum absolute atomic E-state index is 0. The van der Waals surface area contributed by atoms with E-state index in [1.54, 1.807) is 0 Å². The maximum absolute atomic E-state index is 10.7. The third-order valence-corrected chi connectivity index (χ3v) is 3.89. The third kappa shape index (κ3) is 5.43. The van der Waals surface area contributed by atoms with Gasteiger partial charge in [0.1, 0.15) is 30.2 Å². The zero-order valence-corrected chi connectivity index (χ0v) is 18.9. The number of fused-ring (bicyclic) bond motifs is 1. The van der Waals surface area contributed by atoms with Gasteiger partial charge >= 0.3 is 66.9 Å². The Morgan fingerprint density at radius 1 is 1.23 bits per heavy atom. The van der Waals surface area contributed by atoms with Crippen LogP contribution in [0.3, 0.4) is 0 Å². The summed E-state index contributed by atoms with van der Waals surface area (Å²) in [6.45, 7) is -0.594. The van der Waals surface area contributed by atoms with Crippen LogP contribution in [-0.2, 0) is 13.8 Å². The van der Waals surface area contributed by atoms with Crippen molar-refractivity contribution >= 4 is 24.8 Å². The SMILES string of the molecule is Nc1ncnc2c1ncn2C1OC(COP(=O)(O)O)C(O)C1O.O.[Na+].[Na+]. The fourth-order valence-electron chi connectivity index (χ4n) is 2.32. The molecule has 4 unspecified atom stereocenters. The average Bonchev–Trinajstić information content (AvgIpc) is 3.01. The number of phosphoric acid groups is 1. The third-order valence-electron chi connectivity index (χ3n) is 3.41. The molecule has 26 heavy (non-hydrogen) atoms. The van der Waals surface area contributed by atoms with Crippen molar-refractivity contribution in [3.8, 4) is 0 Å². The number of anilines is 1. The van der Waals surface area contributed by atoms with E-state index < -0.39 is 39.0 Å². The Kier molecular flexibility index (Phi) is 10.3. The Hall–Kier alpha value is 0.300. The van der Waals surface area contributed by atoms with Crippen molar-refractivity contribution in [2.24, 2.45) is 0 Å². The molecule has 0 bridgehead atoms. The fourth-order valence-corrected chi connectivity index (χ4v) is 2.66. The number of nitrogens with zero attached hydrogens (tertiary/aromatic N) is 4. The average molecular weight is 411 g/mol. The molecule has 3 rings (SSSR count). The van der Waals surface area contributed by atoms with Crippen molar-refractivity contribution in [2.75, 3.05) is 12.3 Å². The van der Waals surface area contributed by atoms with Crippen LogP contribution in [0.25, 0.3) is 11.2 Å². The molecular weight excluding hydrogens is 395 g/mol. The van der Waals surface area contributed by atoms with E-state index in [0.29, 0.717) is 5.52 Å². The van der Waals surface area contributed by atoms with Gasteiger partial charge in [-0.25, -0.2) is 19.5 Å².